The van der Waals surface area contributed by atoms with Crippen molar-refractivity contribution in [2.24, 2.45) is 0 Å². The van der Waals surface area contributed by atoms with E-state index in [1.165, 1.54) is 0 Å². The highest BCUT2D eigenvalue weighted by Crippen LogP contribution is 2.17. The van der Waals surface area contributed by atoms with Crippen LogP contribution < -0.4 is 14.8 Å². The Hall–Kier alpha value is -2.60. The summed E-state index contributed by atoms with van der Waals surface area (Å²) in [6, 6.07) is 6.47. The summed E-state index contributed by atoms with van der Waals surface area (Å²) in [6.45, 7) is 4.16. The van der Waals surface area contributed by atoms with Crippen LogP contribution in [0.15, 0.2) is 24.3 Å². The highest BCUT2D eigenvalue weighted by Gasteiger charge is 2.16. The second-order valence-corrected chi connectivity index (χ2v) is 8.29. The van der Waals surface area contributed by atoms with Gasteiger partial charge in [0.25, 0.3) is 5.09 Å². The molecule has 0 aromatic heterocycles. The molecule has 0 radical (unpaired) electrons. The molecule has 0 aliphatic carbocycles. The number of benzene rings is 1. The molecule has 12 heteroatoms. The summed E-state index contributed by atoms with van der Waals surface area (Å²) in [5, 5.41) is 12.3. The van der Waals surface area contributed by atoms with Crippen LogP contribution in [0.4, 0.5) is 5.69 Å². The molecule has 0 aliphatic rings. The number of carbonyl (C=O) groups excluding carboxylic acids is 1. The van der Waals surface area contributed by atoms with Crippen LogP contribution in [-0.4, -0.2) is 57.6 Å². The Morgan fingerprint density at radius 2 is 1.90 bits per heavy atom. The van der Waals surface area contributed by atoms with E-state index in [-0.39, 0.29) is 32.1 Å². The van der Waals surface area contributed by atoms with Gasteiger partial charge in [0.15, 0.2) is 0 Å². The summed E-state index contributed by atoms with van der Waals surface area (Å²) in [4.78, 5) is 26.2. The van der Waals surface area contributed by atoms with Crippen LogP contribution >= 0.6 is 0 Å². The summed E-state index contributed by atoms with van der Waals surface area (Å²) in [5.74, 6) is -0.0298. The molecule has 0 saturated heterocycles. The largest absolute Gasteiger partial charge is 0.490 e. The third-order valence-corrected chi connectivity index (χ3v) is 3.97. The molecular weight excluding hydrogens is 406 g/mol. The quantitative estimate of drug-likeness (QED) is 0.192. The molecule has 11 nitrogen and oxygen atoms in total. The lowest BCUT2D eigenvalue weighted by atomic mass is 10.3. The lowest BCUT2D eigenvalue weighted by Crippen LogP contribution is -2.38. The van der Waals surface area contributed by atoms with E-state index in [0.717, 1.165) is 6.26 Å². The van der Waals surface area contributed by atoms with Crippen molar-refractivity contribution >= 4 is 21.7 Å². The van der Waals surface area contributed by atoms with Gasteiger partial charge in [-0.2, -0.15) is 0 Å². The van der Waals surface area contributed by atoms with Crippen molar-refractivity contribution in [1.82, 2.24) is 5.32 Å². The molecule has 0 fully saturated rings. The Kier molecular flexibility index (Phi) is 10.2. The normalized spacial score (nSPS) is 12.3. The fourth-order valence-electron chi connectivity index (χ4n) is 2.12. The minimum absolute atomic E-state index is 0.0160. The van der Waals surface area contributed by atoms with Crippen molar-refractivity contribution in [3.63, 3.8) is 0 Å². The summed E-state index contributed by atoms with van der Waals surface area (Å²) in [6.07, 6.45) is 0.634. The molecule has 1 aromatic rings. The average Bonchev–Trinajstić information content (AvgIpc) is 2.60. The number of ether oxygens (including phenoxy) is 2. The van der Waals surface area contributed by atoms with Gasteiger partial charge < -0.3 is 19.6 Å². The summed E-state index contributed by atoms with van der Waals surface area (Å²) in [7, 11) is -3.36. The Morgan fingerprint density at radius 1 is 1.24 bits per heavy atom. The number of nitrogens with one attached hydrogen (secondary N) is 2. The van der Waals surface area contributed by atoms with E-state index in [4.69, 9.17) is 9.47 Å². The molecular formula is C17H27N3O8S. The van der Waals surface area contributed by atoms with Gasteiger partial charge in [0.2, 0.25) is 10.0 Å². The highest BCUT2D eigenvalue weighted by molar-refractivity contribution is 7.92. The Labute approximate surface area is 169 Å². The first-order valence-electron chi connectivity index (χ1n) is 8.96. The van der Waals surface area contributed by atoms with Gasteiger partial charge in [-0.1, -0.05) is 13.8 Å². The van der Waals surface area contributed by atoms with Crippen LogP contribution in [0.25, 0.3) is 0 Å². The summed E-state index contributed by atoms with van der Waals surface area (Å²) >= 11 is 0. The van der Waals surface area contributed by atoms with Crippen LogP contribution in [0, 0.1) is 10.1 Å². The highest BCUT2D eigenvalue weighted by atomic mass is 32.2. The number of esters is 1. The van der Waals surface area contributed by atoms with Gasteiger partial charge in [-0.3, -0.25) is 9.52 Å². The van der Waals surface area contributed by atoms with Crippen molar-refractivity contribution in [2.45, 2.75) is 38.8 Å². The average molecular weight is 433 g/mol. The number of hydrogen-bond donors (Lipinski definition) is 2. The number of sulfonamides is 1. The second kappa shape index (κ2) is 12.1. The van der Waals surface area contributed by atoms with Gasteiger partial charge in [-0.15, -0.1) is 10.1 Å². The maximum Gasteiger partial charge on any atom is 0.306 e. The van der Waals surface area contributed by atoms with Gasteiger partial charge in [-0.05, 0) is 30.7 Å². The molecule has 2 N–H and O–H groups in total. The summed E-state index contributed by atoms with van der Waals surface area (Å²) in [5.41, 5.74) is 0.404. The van der Waals surface area contributed by atoms with E-state index in [2.05, 4.69) is 14.9 Å². The number of rotatable bonds is 14. The summed E-state index contributed by atoms with van der Waals surface area (Å²) < 4.78 is 35.8. The first-order chi connectivity index (χ1) is 13.5. The standard InChI is InChI=1S/C17H27N3O8S/c1-13(2)18-11-16(28-17(21)5-4-10-27-20(22)23)12-26-15-8-6-14(7-9-15)19-29(3,24)25/h6-9,13,16,18-19H,4-5,10-12H2,1-3H3. The topological polar surface area (TPSA) is 146 Å². The van der Waals surface area contributed by atoms with Crippen molar-refractivity contribution < 1.29 is 32.6 Å². The van der Waals surface area contributed by atoms with E-state index in [1.807, 2.05) is 13.8 Å². The van der Waals surface area contributed by atoms with Gasteiger partial charge in [0.05, 0.1) is 12.9 Å². The zero-order valence-electron chi connectivity index (χ0n) is 16.6. The van der Waals surface area contributed by atoms with Gasteiger partial charge in [0, 0.05) is 24.7 Å². The fraction of sp³-hybridized carbons (Fsp3) is 0.588. The van der Waals surface area contributed by atoms with Crippen LogP contribution in [0.2, 0.25) is 0 Å². The van der Waals surface area contributed by atoms with Crippen molar-refractivity contribution in [3.05, 3.63) is 34.4 Å². The molecule has 0 amide bonds. The number of carbonyl (C=O) groups is 1. The number of nitrogens with zero attached hydrogens (tertiary/aromatic N) is 1. The van der Waals surface area contributed by atoms with Crippen LogP contribution in [0.3, 0.4) is 0 Å². The molecule has 1 atom stereocenters. The first-order valence-corrected chi connectivity index (χ1v) is 10.8. The molecule has 0 heterocycles. The number of anilines is 1. The fourth-order valence-corrected chi connectivity index (χ4v) is 2.69. The molecule has 29 heavy (non-hydrogen) atoms. The van der Waals surface area contributed by atoms with Crippen molar-refractivity contribution in [2.75, 3.05) is 30.7 Å². The zero-order valence-corrected chi connectivity index (χ0v) is 17.4. The number of hydrogen-bond acceptors (Lipinski definition) is 9. The lowest BCUT2D eigenvalue weighted by Gasteiger charge is -2.20. The minimum atomic E-state index is -3.36. The van der Waals surface area contributed by atoms with E-state index in [9.17, 15) is 23.3 Å². The molecule has 0 spiro atoms. The lowest BCUT2D eigenvalue weighted by molar-refractivity contribution is -0.757. The Morgan fingerprint density at radius 3 is 2.45 bits per heavy atom. The monoisotopic (exact) mass is 433 g/mol. The van der Waals surface area contributed by atoms with E-state index in [1.54, 1.807) is 24.3 Å². The van der Waals surface area contributed by atoms with Crippen LogP contribution in [-0.2, 0) is 24.4 Å². The van der Waals surface area contributed by atoms with E-state index < -0.39 is 27.2 Å². The van der Waals surface area contributed by atoms with Gasteiger partial charge >= 0.3 is 5.97 Å². The van der Waals surface area contributed by atoms with Crippen molar-refractivity contribution in [3.8, 4) is 5.75 Å². The third-order valence-electron chi connectivity index (χ3n) is 3.37. The SMILES string of the molecule is CC(C)NCC(COc1ccc(NS(C)(=O)=O)cc1)OC(=O)CCCO[N+](=O)[O-]. The minimum Gasteiger partial charge on any atom is -0.490 e. The maximum absolute atomic E-state index is 11.9. The van der Waals surface area contributed by atoms with Gasteiger partial charge in [0.1, 0.15) is 18.5 Å². The van der Waals surface area contributed by atoms with E-state index >= 15 is 0 Å². The van der Waals surface area contributed by atoms with Crippen LogP contribution in [0.5, 0.6) is 5.75 Å². The predicted octanol–water partition coefficient (Wildman–Crippen LogP) is 1.34. The molecule has 1 rings (SSSR count). The van der Waals surface area contributed by atoms with Crippen LogP contribution in [0.1, 0.15) is 26.7 Å². The van der Waals surface area contributed by atoms with E-state index in [0.29, 0.717) is 18.0 Å². The van der Waals surface area contributed by atoms with Crippen molar-refractivity contribution in [1.29, 1.82) is 0 Å². The maximum atomic E-state index is 11.9. The first kappa shape index (κ1) is 24.4. The second-order valence-electron chi connectivity index (χ2n) is 6.54. The Balaban J connectivity index is 2.54. The molecule has 1 unspecified atom stereocenters. The predicted molar refractivity (Wildman–Crippen MR) is 106 cm³/mol. The zero-order chi connectivity index (χ0) is 21.9. The molecule has 1 aromatic carbocycles. The molecule has 164 valence electrons. The molecule has 0 aliphatic heterocycles. The van der Waals surface area contributed by atoms with Gasteiger partial charge in [-0.25, -0.2) is 8.42 Å². The smallest absolute Gasteiger partial charge is 0.306 e. The third kappa shape index (κ3) is 12.5. The molecule has 0 bridgehead atoms. The molecule has 0 saturated carbocycles. The Bertz CT molecular complexity index is 752.